The van der Waals surface area contributed by atoms with Crippen LogP contribution >= 0.6 is 15.9 Å². The van der Waals surface area contributed by atoms with Crippen molar-refractivity contribution in [3.05, 3.63) is 0 Å². The Morgan fingerprint density at radius 2 is 2.40 bits per heavy atom. The van der Waals surface area contributed by atoms with E-state index >= 15 is 0 Å². The number of hydrogen-bond acceptors (Lipinski definition) is 3. The second-order valence-corrected chi connectivity index (χ2v) is 2.15. The Morgan fingerprint density at radius 1 is 1.70 bits per heavy atom. The first-order valence-electron chi connectivity index (χ1n) is 2.91. The first-order valence-corrected chi connectivity index (χ1v) is 4.04. The largest absolute Gasteiger partial charge is 0.448 e. The first-order chi connectivity index (χ1) is 4.81. The number of hydrogen-bond donors (Lipinski definition) is 1. The molecule has 0 aliphatic carbocycles. The van der Waals surface area contributed by atoms with Gasteiger partial charge in [0.1, 0.15) is 0 Å². The van der Waals surface area contributed by atoms with Crippen molar-refractivity contribution in [3.8, 4) is 0 Å². The maximum Gasteiger partial charge on any atom is 0.431 e. The van der Waals surface area contributed by atoms with Gasteiger partial charge in [-0.25, -0.2) is 4.79 Å². The summed E-state index contributed by atoms with van der Waals surface area (Å²) in [5, 5.41) is 0.680. The highest BCUT2D eigenvalue weighted by atomic mass is 79.9. The minimum absolute atomic E-state index is 0.351. The van der Waals surface area contributed by atoms with Crippen LogP contribution in [-0.4, -0.2) is 24.6 Å². The summed E-state index contributed by atoms with van der Waals surface area (Å²) in [6.45, 7) is 2.51. The Hall–Kier alpha value is -0.290. The zero-order valence-electron chi connectivity index (χ0n) is 5.72. The van der Waals surface area contributed by atoms with Crippen molar-refractivity contribution in [2.75, 3.05) is 18.5 Å². The van der Waals surface area contributed by atoms with Crippen LogP contribution in [-0.2, 0) is 9.57 Å². The summed E-state index contributed by atoms with van der Waals surface area (Å²) in [6, 6.07) is 0. The highest BCUT2D eigenvalue weighted by Crippen LogP contribution is 1.80. The lowest BCUT2D eigenvalue weighted by Crippen LogP contribution is -2.25. The molecule has 0 saturated heterocycles. The molecule has 1 N–H and O–H groups in total. The lowest BCUT2D eigenvalue weighted by Gasteiger charge is -2.02. The van der Waals surface area contributed by atoms with E-state index in [4.69, 9.17) is 0 Å². The monoisotopic (exact) mass is 211 g/mol. The van der Waals surface area contributed by atoms with Gasteiger partial charge in [0, 0.05) is 5.33 Å². The van der Waals surface area contributed by atoms with Crippen molar-refractivity contribution in [2.24, 2.45) is 0 Å². The number of carbonyl (C=O) groups is 1. The van der Waals surface area contributed by atoms with Crippen LogP contribution in [0.2, 0.25) is 0 Å². The molecule has 0 aliphatic heterocycles. The summed E-state index contributed by atoms with van der Waals surface area (Å²) in [6.07, 6.45) is -0.552. The molecule has 0 aliphatic rings. The third kappa shape index (κ3) is 5.84. The van der Waals surface area contributed by atoms with Crippen molar-refractivity contribution < 1.29 is 14.4 Å². The molecule has 0 spiro atoms. The van der Waals surface area contributed by atoms with Gasteiger partial charge in [0.15, 0.2) is 0 Å². The molecule has 0 aromatic heterocycles. The van der Waals surface area contributed by atoms with Gasteiger partial charge in [-0.05, 0) is 6.92 Å². The number of ether oxygens (including phenoxy) is 1. The molecule has 0 radical (unpaired) electrons. The molecular formula is C5H10BrNO3. The fourth-order valence-electron chi connectivity index (χ4n) is 0.309. The van der Waals surface area contributed by atoms with Gasteiger partial charge < -0.3 is 4.74 Å². The van der Waals surface area contributed by atoms with Crippen LogP contribution in [0.25, 0.3) is 0 Å². The zero-order valence-corrected chi connectivity index (χ0v) is 7.31. The minimum atomic E-state index is -0.552. The van der Waals surface area contributed by atoms with Gasteiger partial charge in [-0.1, -0.05) is 15.9 Å². The van der Waals surface area contributed by atoms with Gasteiger partial charge >= 0.3 is 6.09 Å². The third-order valence-electron chi connectivity index (χ3n) is 0.610. The maximum absolute atomic E-state index is 10.4. The van der Waals surface area contributed by atoms with E-state index in [9.17, 15) is 4.79 Å². The standard InChI is InChI=1S/C5H10BrNO3/c1-2-9-5(8)7-10-4-3-6/h2-4H2,1H3,(H,7,8). The summed E-state index contributed by atoms with van der Waals surface area (Å²) in [5.74, 6) is 0. The van der Waals surface area contributed by atoms with Crippen molar-refractivity contribution in [2.45, 2.75) is 6.92 Å². The number of carbonyl (C=O) groups excluding carboxylic acids is 1. The van der Waals surface area contributed by atoms with E-state index in [1.165, 1.54) is 0 Å². The van der Waals surface area contributed by atoms with Gasteiger partial charge in [0.25, 0.3) is 0 Å². The first kappa shape index (κ1) is 9.71. The van der Waals surface area contributed by atoms with Gasteiger partial charge in [0.2, 0.25) is 0 Å². The Labute approximate surface area is 68.0 Å². The quantitative estimate of drug-likeness (QED) is 0.430. The molecule has 0 bridgehead atoms. The highest BCUT2D eigenvalue weighted by Gasteiger charge is 1.96. The molecule has 1 amide bonds. The number of hydroxylamine groups is 1. The molecule has 4 nitrogen and oxygen atoms in total. The summed E-state index contributed by atoms with van der Waals surface area (Å²) < 4.78 is 4.50. The molecule has 0 aromatic rings. The van der Waals surface area contributed by atoms with Crippen molar-refractivity contribution in [1.29, 1.82) is 0 Å². The smallest absolute Gasteiger partial charge is 0.431 e. The van der Waals surface area contributed by atoms with E-state index in [-0.39, 0.29) is 0 Å². The normalized spacial score (nSPS) is 9.00. The van der Waals surface area contributed by atoms with E-state index in [0.717, 1.165) is 0 Å². The fraction of sp³-hybridized carbons (Fsp3) is 0.800. The highest BCUT2D eigenvalue weighted by molar-refractivity contribution is 9.09. The zero-order chi connectivity index (χ0) is 7.82. The lowest BCUT2D eigenvalue weighted by molar-refractivity contribution is 0.0378. The van der Waals surface area contributed by atoms with Gasteiger partial charge in [0.05, 0.1) is 13.2 Å². The minimum Gasteiger partial charge on any atom is -0.448 e. The topological polar surface area (TPSA) is 47.6 Å². The van der Waals surface area contributed by atoms with E-state index in [0.29, 0.717) is 18.5 Å². The van der Waals surface area contributed by atoms with Gasteiger partial charge in [-0.3, -0.25) is 4.84 Å². The summed E-state index contributed by atoms with van der Waals surface area (Å²) in [5.41, 5.74) is 2.09. The molecular weight excluding hydrogens is 202 g/mol. The third-order valence-corrected chi connectivity index (χ3v) is 0.934. The Bertz CT molecular complexity index is 98.9. The second kappa shape index (κ2) is 6.82. The molecule has 0 heterocycles. The number of halogens is 1. The molecule has 0 atom stereocenters. The summed E-state index contributed by atoms with van der Waals surface area (Å²) >= 11 is 3.12. The number of alkyl halides is 1. The number of amides is 1. The molecule has 0 rings (SSSR count). The van der Waals surface area contributed by atoms with E-state index in [2.05, 4.69) is 31.0 Å². The fourth-order valence-corrected chi connectivity index (χ4v) is 0.471. The van der Waals surface area contributed by atoms with Crippen LogP contribution in [0.15, 0.2) is 0 Å². The van der Waals surface area contributed by atoms with E-state index < -0.39 is 6.09 Å². The molecule has 60 valence electrons. The number of rotatable bonds is 4. The maximum atomic E-state index is 10.4. The van der Waals surface area contributed by atoms with Gasteiger partial charge in [-0.15, -0.1) is 0 Å². The number of nitrogens with one attached hydrogen (secondary N) is 1. The molecule has 5 heteroatoms. The molecule has 0 fully saturated rings. The molecule has 0 aromatic carbocycles. The van der Waals surface area contributed by atoms with Crippen molar-refractivity contribution in [1.82, 2.24) is 5.48 Å². The second-order valence-electron chi connectivity index (χ2n) is 1.36. The van der Waals surface area contributed by atoms with E-state index in [1.54, 1.807) is 6.92 Å². The van der Waals surface area contributed by atoms with Gasteiger partial charge in [-0.2, -0.15) is 5.48 Å². The van der Waals surface area contributed by atoms with E-state index in [1.807, 2.05) is 0 Å². The van der Waals surface area contributed by atoms with Crippen LogP contribution in [0.1, 0.15) is 6.92 Å². The molecule has 0 unspecified atom stereocenters. The molecule has 10 heavy (non-hydrogen) atoms. The SMILES string of the molecule is CCOC(=O)NOCCBr. The average molecular weight is 212 g/mol. The Balaban J connectivity index is 3.05. The van der Waals surface area contributed by atoms with Crippen molar-refractivity contribution in [3.63, 3.8) is 0 Å². The van der Waals surface area contributed by atoms with Crippen LogP contribution in [0.5, 0.6) is 0 Å². The van der Waals surface area contributed by atoms with Crippen LogP contribution in [0.4, 0.5) is 4.79 Å². The average Bonchev–Trinajstić information content (AvgIpc) is 1.89. The predicted octanol–water partition coefficient (Wildman–Crippen LogP) is 1.06. The lowest BCUT2D eigenvalue weighted by atomic mass is 10.9. The molecule has 0 saturated carbocycles. The van der Waals surface area contributed by atoms with Crippen LogP contribution in [0.3, 0.4) is 0 Å². The Morgan fingerprint density at radius 3 is 2.90 bits per heavy atom. The summed E-state index contributed by atoms with van der Waals surface area (Å²) in [4.78, 5) is 15.1. The van der Waals surface area contributed by atoms with Crippen LogP contribution in [0, 0.1) is 0 Å². The van der Waals surface area contributed by atoms with Crippen molar-refractivity contribution >= 4 is 22.0 Å². The van der Waals surface area contributed by atoms with Crippen LogP contribution < -0.4 is 5.48 Å². The Kier molecular flexibility index (Phi) is 6.63. The summed E-state index contributed by atoms with van der Waals surface area (Å²) in [7, 11) is 0. The predicted molar refractivity (Wildman–Crippen MR) is 39.9 cm³/mol.